The molecule has 3 heterocycles. The summed E-state index contributed by atoms with van der Waals surface area (Å²) in [6.07, 6.45) is 2.63. The van der Waals surface area contributed by atoms with Crippen LogP contribution < -0.4 is 14.2 Å². The molecule has 3 aromatic rings. The first kappa shape index (κ1) is 23.6. The summed E-state index contributed by atoms with van der Waals surface area (Å²) in [4.78, 5) is 15.6. The first-order valence-electron chi connectivity index (χ1n) is 11.7. The van der Waals surface area contributed by atoms with E-state index in [-0.39, 0.29) is 18.3 Å². The fourth-order valence-corrected chi connectivity index (χ4v) is 5.48. The predicted octanol–water partition coefficient (Wildman–Crippen LogP) is 6.29. The Morgan fingerprint density at radius 1 is 1.06 bits per heavy atom. The lowest BCUT2D eigenvalue weighted by Crippen LogP contribution is -2.34. The predicted molar refractivity (Wildman–Crippen MR) is 140 cm³/mol. The van der Waals surface area contributed by atoms with E-state index in [4.69, 9.17) is 30.5 Å². The molecule has 6 nitrogen and oxygen atoms in total. The summed E-state index contributed by atoms with van der Waals surface area (Å²) < 4.78 is 24.2. The van der Waals surface area contributed by atoms with E-state index in [9.17, 15) is 4.79 Å². The average molecular weight is 569 g/mol. The summed E-state index contributed by atoms with van der Waals surface area (Å²) in [6.45, 7) is 4.61. The van der Waals surface area contributed by atoms with E-state index in [2.05, 4.69) is 20.8 Å². The first-order valence-corrected chi connectivity index (χ1v) is 12.9. The van der Waals surface area contributed by atoms with Gasteiger partial charge >= 0.3 is 0 Å². The Labute approximate surface area is 222 Å². The molecule has 0 atom stereocenters. The molecule has 0 bridgehead atoms. The highest BCUT2D eigenvalue weighted by Gasteiger charge is 2.34. The van der Waals surface area contributed by atoms with Gasteiger partial charge in [0.1, 0.15) is 24.0 Å². The largest absolute Gasteiger partial charge is 0.477 e. The van der Waals surface area contributed by atoms with Crippen LogP contribution in [0.4, 0.5) is 0 Å². The normalized spacial score (nSPS) is 17.6. The van der Waals surface area contributed by atoms with Crippen molar-refractivity contribution in [1.29, 1.82) is 0 Å². The molecule has 0 unspecified atom stereocenters. The molecule has 36 heavy (non-hydrogen) atoms. The zero-order valence-corrected chi connectivity index (χ0v) is 21.9. The lowest BCUT2D eigenvalue weighted by atomic mass is 9.99. The van der Waals surface area contributed by atoms with Crippen LogP contribution in [0, 0.1) is 6.92 Å². The van der Waals surface area contributed by atoms with Gasteiger partial charge in [-0.25, -0.2) is 0 Å². The Balaban J connectivity index is 1.25. The van der Waals surface area contributed by atoms with Crippen molar-refractivity contribution in [3.8, 4) is 17.2 Å². The fourth-order valence-electron chi connectivity index (χ4n) is 4.84. The van der Waals surface area contributed by atoms with Crippen molar-refractivity contribution in [2.45, 2.75) is 26.5 Å². The standard InChI is InChI=1S/C28H23BrClNO5/c1-16-26-19(12-31(14-34-26)7-6-17-2-4-22(30)5-3-17)10-23-25(32)24(36-27(16)23)11-18-8-21(29)9-20-13-33-15-35-28(18)20/h2-5,8-11H,6-7,12-15H2,1H3/b24-11-. The number of hydrogen-bond donors (Lipinski definition) is 0. The zero-order valence-electron chi connectivity index (χ0n) is 19.6. The monoisotopic (exact) mass is 567 g/mol. The maximum absolute atomic E-state index is 13.4. The number of halogens is 2. The molecule has 3 aliphatic rings. The van der Waals surface area contributed by atoms with Crippen molar-refractivity contribution in [3.63, 3.8) is 0 Å². The summed E-state index contributed by atoms with van der Waals surface area (Å²) in [5.41, 5.74) is 5.31. The Bertz CT molecular complexity index is 1400. The Kier molecular flexibility index (Phi) is 6.25. The van der Waals surface area contributed by atoms with E-state index >= 15 is 0 Å². The molecule has 184 valence electrons. The van der Waals surface area contributed by atoms with Gasteiger partial charge in [0.25, 0.3) is 0 Å². The molecule has 3 aromatic carbocycles. The minimum Gasteiger partial charge on any atom is -0.477 e. The summed E-state index contributed by atoms with van der Waals surface area (Å²) in [5, 5.41) is 0.736. The van der Waals surface area contributed by atoms with E-state index in [0.717, 1.165) is 50.5 Å². The third-order valence-corrected chi connectivity index (χ3v) is 7.33. The van der Waals surface area contributed by atoms with Gasteiger partial charge in [-0.15, -0.1) is 0 Å². The lowest BCUT2D eigenvalue weighted by Gasteiger charge is -2.30. The van der Waals surface area contributed by atoms with Crippen LogP contribution in [0.15, 0.2) is 52.7 Å². The molecule has 0 saturated heterocycles. The number of nitrogens with zero attached hydrogens (tertiary/aromatic N) is 1. The molecule has 0 fully saturated rings. The summed E-state index contributed by atoms with van der Waals surface area (Å²) in [7, 11) is 0. The van der Waals surface area contributed by atoms with E-state index in [0.29, 0.717) is 36.9 Å². The minimum absolute atomic E-state index is 0.144. The van der Waals surface area contributed by atoms with Crippen molar-refractivity contribution < 1.29 is 23.7 Å². The van der Waals surface area contributed by atoms with E-state index in [1.54, 1.807) is 6.08 Å². The molecule has 0 saturated carbocycles. The smallest absolute Gasteiger partial charge is 0.231 e. The van der Waals surface area contributed by atoms with Gasteiger partial charge in [-0.3, -0.25) is 9.69 Å². The van der Waals surface area contributed by atoms with Crippen LogP contribution in [0.3, 0.4) is 0 Å². The van der Waals surface area contributed by atoms with E-state index in [1.165, 1.54) is 5.56 Å². The third kappa shape index (κ3) is 4.41. The SMILES string of the molecule is Cc1c2c(cc3c1O/C(=C\c1cc(Br)cc4c1OCOC4)C3=O)CN(CCc1ccc(Cl)cc1)CO2. The van der Waals surface area contributed by atoms with Crippen LogP contribution >= 0.6 is 27.5 Å². The highest BCUT2D eigenvalue weighted by Crippen LogP contribution is 2.44. The molecular weight excluding hydrogens is 546 g/mol. The maximum Gasteiger partial charge on any atom is 0.231 e. The lowest BCUT2D eigenvalue weighted by molar-refractivity contribution is -0.0165. The third-order valence-electron chi connectivity index (χ3n) is 6.62. The molecule has 0 spiro atoms. The molecular formula is C28H23BrClNO5. The van der Waals surface area contributed by atoms with Crippen LogP contribution in [0.5, 0.6) is 17.2 Å². The number of fused-ring (bicyclic) bond motifs is 3. The Morgan fingerprint density at radius 2 is 1.89 bits per heavy atom. The van der Waals surface area contributed by atoms with Gasteiger partial charge in [0.15, 0.2) is 12.6 Å². The second-order valence-electron chi connectivity index (χ2n) is 9.10. The van der Waals surface area contributed by atoms with Gasteiger partial charge in [-0.05, 0) is 55.3 Å². The molecule has 3 aliphatic heterocycles. The fraction of sp³-hybridized carbons (Fsp3) is 0.250. The summed E-state index contributed by atoms with van der Waals surface area (Å²) >= 11 is 9.53. The summed E-state index contributed by atoms with van der Waals surface area (Å²) in [6, 6.07) is 13.7. The van der Waals surface area contributed by atoms with Crippen molar-refractivity contribution in [1.82, 2.24) is 4.90 Å². The second-order valence-corrected chi connectivity index (χ2v) is 10.5. The Hall–Kier alpha value is -2.84. The average Bonchev–Trinajstić information content (AvgIpc) is 3.19. The van der Waals surface area contributed by atoms with Crippen molar-refractivity contribution in [3.05, 3.63) is 91.1 Å². The number of carbonyl (C=O) groups is 1. The van der Waals surface area contributed by atoms with Crippen LogP contribution in [0.25, 0.3) is 6.08 Å². The van der Waals surface area contributed by atoms with Crippen LogP contribution in [0.1, 0.15) is 38.2 Å². The molecule has 0 N–H and O–H groups in total. The number of ketones is 1. The number of Topliss-reactive ketones (excluding diaryl/α,β-unsaturated/α-hetero) is 1. The number of ether oxygens (including phenoxy) is 4. The Morgan fingerprint density at radius 3 is 2.72 bits per heavy atom. The number of hydrogen-bond acceptors (Lipinski definition) is 6. The highest BCUT2D eigenvalue weighted by molar-refractivity contribution is 9.10. The molecule has 0 radical (unpaired) electrons. The van der Waals surface area contributed by atoms with Gasteiger partial charge in [0.05, 0.1) is 12.2 Å². The van der Waals surface area contributed by atoms with E-state index in [1.807, 2.05) is 49.4 Å². The van der Waals surface area contributed by atoms with Gasteiger partial charge < -0.3 is 18.9 Å². The number of benzene rings is 3. The van der Waals surface area contributed by atoms with Crippen molar-refractivity contribution >= 4 is 39.4 Å². The van der Waals surface area contributed by atoms with Gasteiger partial charge in [-0.2, -0.15) is 0 Å². The van der Waals surface area contributed by atoms with Crippen molar-refractivity contribution in [2.75, 3.05) is 20.1 Å². The van der Waals surface area contributed by atoms with Gasteiger partial charge in [0.2, 0.25) is 5.78 Å². The topological polar surface area (TPSA) is 57.2 Å². The van der Waals surface area contributed by atoms with Crippen molar-refractivity contribution in [2.24, 2.45) is 0 Å². The molecule has 6 rings (SSSR count). The van der Waals surface area contributed by atoms with E-state index < -0.39 is 0 Å². The highest BCUT2D eigenvalue weighted by atomic mass is 79.9. The molecule has 0 aliphatic carbocycles. The minimum atomic E-state index is -0.144. The maximum atomic E-state index is 13.4. The first-order chi connectivity index (χ1) is 17.5. The van der Waals surface area contributed by atoms with Crippen LogP contribution in [-0.4, -0.2) is 30.8 Å². The molecule has 0 aromatic heterocycles. The number of rotatable bonds is 4. The van der Waals surface area contributed by atoms with Crippen LogP contribution in [0.2, 0.25) is 5.02 Å². The number of carbonyl (C=O) groups excluding carboxylic acids is 1. The summed E-state index contributed by atoms with van der Waals surface area (Å²) in [5.74, 6) is 2.19. The molecule has 0 amide bonds. The molecule has 8 heteroatoms. The van der Waals surface area contributed by atoms with Gasteiger partial charge in [0, 0.05) is 44.8 Å². The van der Waals surface area contributed by atoms with Gasteiger partial charge in [-0.1, -0.05) is 39.7 Å². The quantitative estimate of drug-likeness (QED) is 0.345. The second kappa shape index (κ2) is 9.56. The number of allylic oxidation sites excluding steroid dienone is 1. The van der Waals surface area contributed by atoms with Crippen LogP contribution in [-0.2, 0) is 24.3 Å². The zero-order chi connectivity index (χ0) is 24.8.